The normalized spacial score (nSPS) is 13.6. The van der Waals surface area contributed by atoms with Crippen molar-refractivity contribution in [1.82, 2.24) is 5.32 Å². The fourth-order valence-corrected chi connectivity index (χ4v) is 2.05. The predicted octanol–water partition coefficient (Wildman–Crippen LogP) is 1.39. The average molecular weight is 259 g/mol. The van der Waals surface area contributed by atoms with Gasteiger partial charge < -0.3 is 5.32 Å². The molecule has 0 aliphatic carbocycles. The Labute approximate surface area is 102 Å². The molecule has 0 saturated carbocycles. The van der Waals surface area contributed by atoms with E-state index in [0.717, 1.165) is 0 Å². The first-order valence-electron chi connectivity index (χ1n) is 5.53. The molecule has 1 atom stereocenters. The third kappa shape index (κ3) is 5.79. The van der Waals surface area contributed by atoms with Gasteiger partial charge in [0.2, 0.25) is 0 Å². The SMILES string of the molecule is CC(Cc1ccccc1F)NCCS(C)(=O)=O. The van der Waals surface area contributed by atoms with Gasteiger partial charge in [0.25, 0.3) is 0 Å². The minimum absolute atomic E-state index is 0.0497. The summed E-state index contributed by atoms with van der Waals surface area (Å²) in [6.45, 7) is 2.31. The number of rotatable bonds is 6. The van der Waals surface area contributed by atoms with E-state index < -0.39 is 9.84 Å². The van der Waals surface area contributed by atoms with Crippen LogP contribution in [0.25, 0.3) is 0 Å². The van der Waals surface area contributed by atoms with Gasteiger partial charge in [-0.05, 0) is 25.0 Å². The van der Waals surface area contributed by atoms with Crippen LogP contribution >= 0.6 is 0 Å². The van der Waals surface area contributed by atoms with Gasteiger partial charge in [-0.2, -0.15) is 0 Å². The summed E-state index contributed by atoms with van der Waals surface area (Å²) in [4.78, 5) is 0. The van der Waals surface area contributed by atoms with Gasteiger partial charge in [-0.1, -0.05) is 18.2 Å². The second-order valence-electron chi connectivity index (χ2n) is 4.28. The molecule has 0 saturated heterocycles. The first kappa shape index (κ1) is 14.1. The second kappa shape index (κ2) is 6.12. The Morgan fingerprint density at radius 1 is 1.35 bits per heavy atom. The number of nitrogens with one attached hydrogen (secondary N) is 1. The summed E-state index contributed by atoms with van der Waals surface area (Å²) in [5.74, 6) is -0.113. The molecule has 0 spiro atoms. The average Bonchev–Trinajstić information content (AvgIpc) is 2.19. The van der Waals surface area contributed by atoms with Crippen LogP contribution in [0.1, 0.15) is 12.5 Å². The van der Waals surface area contributed by atoms with E-state index in [1.165, 1.54) is 12.3 Å². The molecule has 0 aliphatic rings. The fraction of sp³-hybridized carbons (Fsp3) is 0.500. The monoisotopic (exact) mass is 259 g/mol. The first-order chi connectivity index (χ1) is 7.88. The van der Waals surface area contributed by atoms with E-state index in [9.17, 15) is 12.8 Å². The minimum atomic E-state index is -2.94. The van der Waals surface area contributed by atoms with Crippen LogP contribution in [0, 0.1) is 5.82 Å². The molecule has 1 aromatic carbocycles. The van der Waals surface area contributed by atoms with Crippen molar-refractivity contribution in [2.75, 3.05) is 18.6 Å². The summed E-state index contributed by atoms with van der Waals surface area (Å²) in [5.41, 5.74) is 0.645. The van der Waals surface area contributed by atoms with E-state index in [1.807, 2.05) is 6.92 Å². The van der Waals surface area contributed by atoms with E-state index in [2.05, 4.69) is 5.32 Å². The van der Waals surface area contributed by atoms with Gasteiger partial charge in [0.15, 0.2) is 0 Å². The number of hydrogen-bond acceptors (Lipinski definition) is 3. The molecule has 3 nitrogen and oxygen atoms in total. The van der Waals surface area contributed by atoms with E-state index in [1.54, 1.807) is 18.2 Å². The van der Waals surface area contributed by atoms with E-state index >= 15 is 0 Å². The van der Waals surface area contributed by atoms with Gasteiger partial charge in [-0.15, -0.1) is 0 Å². The molecule has 96 valence electrons. The molecule has 0 bridgehead atoms. The van der Waals surface area contributed by atoms with Gasteiger partial charge >= 0.3 is 0 Å². The predicted molar refractivity (Wildman–Crippen MR) is 67.3 cm³/mol. The lowest BCUT2D eigenvalue weighted by atomic mass is 10.1. The van der Waals surface area contributed by atoms with Crippen molar-refractivity contribution < 1.29 is 12.8 Å². The highest BCUT2D eigenvalue weighted by Gasteiger charge is 2.08. The Bertz CT molecular complexity index is 459. The van der Waals surface area contributed by atoms with Crippen molar-refractivity contribution in [1.29, 1.82) is 0 Å². The maximum atomic E-state index is 13.3. The molecule has 1 rings (SSSR count). The fourth-order valence-electron chi connectivity index (χ4n) is 1.56. The number of hydrogen-bond donors (Lipinski definition) is 1. The van der Waals surface area contributed by atoms with Crippen molar-refractivity contribution in [3.8, 4) is 0 Å². The molecule has 0 aliphatic heterocycles. The molecule has 1 N–H and O–H groups in total. The molecule has 17 heavy (non-hydrogen) atoms. The summed E-state index contributed by atoms with van der Waals surface area (Å²) in [6.07, 6.45) is 1.76. The van der Waals surface area contributed by atoms with Crippen molar-refractivity contribution in [2.24, 2.45) is 0 Å². The lowest BCUT2D eigenvalue weighted by molar-refractivity contribution is 0.536. The highest BCUT2D eigenvalue weighted by molar-refractivity contribution is 7.90. The Morgan fingerprint density at radius 2 is 2.00 bits per heavy atom. The molecule has 0 amide bonds. The summed E-state index contributed by atoms with van der Waals surface area (Å²) in [7, 11) is -2.94. The van der Waals surface area contributed by atoms with Gasteiger partial charge in [0.05, 0.1) is 5.75 Å². The molecular weight excluding hydrogens is 241 g/mol. The van der Waals surface area contributed by atoms with Crippen LogP contribution in [0.4, 0.5) is 4.39 Å². The van der Waals surface area contributed by atoms with Crippen LogP contribution < -0.4 is 5.32 Å². The zero-order valence-corrected chi connectivity index (χ0v) is 10.9. The standard InChI is InChI=1S/C12H18FNO2S/c1-10(14-7-8-17(2,15)16)9-11-5-3-4-6-12(11)13/h3-6,10,14H,7-9H2,1-2H3. The lowest BCUT2D eigenvalue weighted by Crippen LogP contribution is -2.32. The third-order valence-electron chi connectivity index (χ3n) is 2.45. The Hall–Kier alpha value is -0.940. The molecule has 1 aromatic rings. The summed E-state index contributed by atoms with van der Waals surface area (Å²) in [6, 6.07) is 6.67. The number of halogens is 1. The summed E-state index contributed by atoms with van der Waals surface area (Å²) < 4.78 is 35.2. The quantitative estimate of drug-likeness (QED) is 0.840. The van der Waals surface area contributed by atoms with Crippen LogP contribution in [-0.4, -0.2) is 33.0 Å². The smallest absolute Gasteiger partial charge is 0.148 e. The van der Waals surface area contributed by atoms with Crippen molar-refractivity contribution in [3.05, 3.63) is 35.6 Å². The Kier molecular flexibility index (Phi) is 5.08. The number of benzene rings is 1. The van der Waals surface area contributed by atoms with Crippen molar-refractivity contribution in [3.63, 3.8) is 0 Å². The Balaban J connectivity index is 2.40. The molecule has 0 heterocycles. The molecule has 0 radical (unpaired) electrons. The van der Waals surface area contributed by atoms with Crippen molar-refractivity contribution >= 4 is 9.84 Å². The van der Waals surface area contributed by atoms with Gasteiger partial charge in [-0.3, -0.25) is 0 Å². The largest absolute Gasteiger partial charge is 0.313 e. The van der Waals surface area contributed by atoms with Crippen LogP contribution in [-0.2, 0) is 16.3 Å². The highest BCUT2D eigenvalue weighted by Crippen LogP contribution is 2.08. The zero-order valence-electron chi connectivity index (χ0n) is 10.1. The van der Waals surface area contributed by atoms with Gasteiger partial charge in [-0.25, -0.2) is 12.8 Å². The van der Waals surface area contributed by atoms with Crippen LogP contribution in [0.3, 0.4) is 0 Å². The van der Waals surface area contributed by atoms with Crippen LogP contribution in [0.2, 0.25) is 0 Å². The molecule has 5 heteroatoms. The van der Waals surface area contributed by atoms with Crippen molar-refractivity contribution in [2.45, 2.75) is 19.4 Å². The lowest BCUT2D eigenvalue weighted by Gasteiger charge is -2.13. The van der Waals surface area contributed by atoms with Gasteiger partial charge in [0.1, 0.15) is 15.7 Å². The third-order valence-corrected chi connectivity index (χ3v) is 3.40. The molecule has 1 unspecified atom stereocenters. The van der Waals surface area contributed by atoms with Crippen LogP contribution in [0.15, 0.2) is 24.3 Å². The summed E-state index contributed by atoms with van der Waals surface area (Å²) in [5, 5.41) is 3.07. The van der Waals surface area contributed by atoms with E-state index in [-0.39, 0.29) is 17.6 Å². The second-order valence-corrected chi connectivity index (χ2v) is 6.54. The minimum Gasteiger partial charge on any atom is -0.313 e. The summed E-state index contributed by atoms with van der Waals surface area (Å²) >= 11 is 0. The van der Waals surface area contributed by atoms with Gasteiger partial charge in [0, 0.05) is 18.8 Å². The highest BCUT2D eigenvalue weighted by atomic mass is 32.2. The maximum Gasteiger partial charge on any atom is 0.148 e. The molecular formula is C12H18FNO2S. The Morgan fingerprint density at radius 3 is 2.59 bits per heavy atom. The van der Waals surface area contributed by atoms with E-state index in [4.69, 9.17) is 0 Å². The van der Waals surface area contributed by atoms with Crippen LogP contribution in [0.5, 0.6) is 0 Å². The first-order valence-corrected chi connectivity index (χ1v) is 7.59. The molecule has 0 fully saturated rings. The molecule has 0 aromatic heterocycles. The van der Waals surface area contributed by atoms with E-state index in [0.29, 0.717) is 18.5 Å². The number of sulfone groups is 1. The zero-order chi connectivity index (χ0) is 12.9. The maximum absolute atomic E-state index is 13.3. The topological polar surface area (TPSA) is 46.2 Å².